The fourth-order valence-corrected chi connectivity index (χ4v) is 4.09. The van der Waals surface area contributed by atoms with Crippen LogP contribution in [-0.2, 0) is 4.79 Å². The number of ether oxygens (including phenoxy) is 1. The Morgan fingerprint density at radius 2 is 2.20 bits per heavy atom. The first-order chi connectivity index (χ1) is 12.2. The fraction of sp³-hybridized carbons (Fsp3) is 0.278. The van der Waals surface area contributed by atoms with Crippen molar-refractivity contribution in [2.24, 2.45) is 0 Å². The molecule has 25 heavy (non-hydrogen) atoms. The van der Waals surface area contributed by atoms with Gasteiger partial charge in [-0.15, -0.1) is 0 Å². The quantitative estimate of drug-likeness (QED) is 0.613. The first kappa shape index (κ1) is 17.7. The summed E-state index contributed by atoms with van der Waals surface area (Å²) in [6.07, 6.45) is 2.45. The molecule has 0 aliphatic rings. The van der Waals surface area contributed by atoms with Crippen LogP contribution < -0.4 is 10.1 Å². The Kier molecular flexibility index (Phi) is 5.88. The molecule has 0 aliphatic carbocycles. The van der Waals surface area contributed by atoms with Gasteiger partial charge in [0.25, 0.3) is 0 Å². The van der Waals surface area contributed by atoms with Crippen molar-refractivity contribution >= 4 is 44.4 Å². The zero-order valence-corrected chi connectivity index (χ0v) is 15.7. The number of pyridine rings is 1. The van der Waals surface area contributed by atoms with Crippen molar-refractivity contribution in [2.75, 3.05) is 11.9 Å². The molecule has 1 amide bonds. The molecule has 0 aliphatic heterocycles. The van der Waals surface area contributed by atoms with E-state index in [2.05, 4.69) is 15.3 Å². The van der Waals surface area contributed by atoms with Gasteiger partial charge in [0.1, 0.15) is 5.75 Å². The van der Waals surface area contributed by atoms with Crippen LogP contribution in [0, 0.1) is 0 Å². The van der Waals surface area contributed by atoms with Crippen LogP contribution >= 0.6 is 23.1 Å². The second kappa shape index (κ2) is 8.31. The van der Waals surface area contributed by atoms with Gasteiger partial charge in [0.2, 0.25) is 5.91 Å². The lowest BCUT2D eigenvalue weighted by Crippen LogP contribution is -2.24. The molecule has 1 aromatic carbocycles. The van der Waals surface area contributed by atoms with E-state index >= 15 is 0 Å². The van der Waals surface area contributed by atoms with Gasteiger partial charge in [0.15, 0.2) is 5.13 Å². The van der Waals surface area contributed by atoms with Crippen LogP contribution in [0.3, 0.4) is 0 Å². The number of carbonyl (C=O) groups is 1. The molecule has 3 aromatic rings. The number of fused-ring (bicyclic) bond motifs is 1. The number of rotatable bonds is 7. The van der Waals surface area contributed by atoms with Gasteiger partial charge >= 0.3 is 0 Å². The van der Waals surface area contributed by atoms with Crippen LogP contribution in [0.4, 0.5) is 5.13 Å². The highest BCUT2D eigenvalue weighted by molar-refractivity contribution is 8.00. The van der Waals surface area contributed by atoms with E-state index in [1.165, 1.54) is 23.1 Å². The van der Waals surface area contributed by atoms with Crippen molar-refractivity contribution in [3.05, 3.63) is 42.6 Å². The number of hydrogen-bond donors (Lipinski definition) is 1. The first-order valence-corrected chi connectivity index (χ1v) is 9.81. The van der Waals surface area contributed by atoms with Crippen molar-refractivity contribution in [2.45, 2.75) is 30.5 Å². The maximum absolute atomic E-state index is 12.6. The highest BCUT2D eigenvalue weighted by Gasteiger charge is 2.20. The molecule has 2 aromatic heterocycles. The summed E-state index contributed by atoms with van der Waals surface area (Å²) in [5, 5.41) is 4.17. The van der Waals surface area contributed by atoms with Crippen molar-refractivity contribution in [1.82, 2.24) is 9.97 Å². The van der Waals surface area contributed by atoms with Gasteiger partial charge in [0.05, 0.1) is 27.1 Å². The van der Waals surface area contributed by atoms with Crippen LogP contribution in [0.2, 0.25) is 0 Å². The third kappa shape index (κ3) is 4.49. The summed E-state index contributed by atoms with van der Waals surface area (Å²) in [4.78, 5) is 21.3. The van der Waals surface area contributed by atoms with Gasteiger partial charge in [-0.2, -0.15) is 0 Å². The molecule has 7 heteroatoms. The summed E-state index contributed by atoms with van der Waals surface area (Å²) in [7, 11) is 0. The molecule has 3 rings (SSSR count). The lowest BCUT2D eigenvalue weighted by atomic mass is 10.3. The predicted octanol–water partition coefficient (Wildman–Crippen LogP) is 4.60. The van der Waals surface area contributed by atoms with Crippen LogP contribution in [0.5, 0.6) is 5.75 Å². The highest BCUT2D eigenvalue weighted by atomic mass is 32.2. The van der Waals surface area contributed by atoms with Crippen molar-refractivity contribution < 1.29 is 9.53 Å². The van der Waals surface area contributed by atoms with E-state index in [-0.39, 0.29) is 11.2 Å². The lowest BCUT2D eigenvalue weighted by Gasteiger charge is -2.12. The molecule has 0 saturated carbocycles. The Morgan fingerprint density at radius 3 is 2.92 bits per heavy atom. The van der Waals surface area contributed by atoms with Crippen LogP contribution in [0.1, 0.15) is 20.3 Å². The lowest BCUT2D eigenvalue weighted by molar-refractivity contribution is -0.115. The Hall–Kier alpha value is -2.12. The smallest absolute Gasteiger partial charge is 0.239 e. The summed E-state index contributed by atoms with van der Waals surface area (Å²) in [5.74, 6) is 0.760. The zero-order chi connectivity index (χ0) is 17.6. The van der Waals surface area contributed by atoms with Gasteiger partial charge in [-0.3, -0.25) is 4.79 Å². The monoisotopic (exact) mass is 373 g/mol. The molecule has 0 spiro atoms. The fourth-order valence-electron chi connectivity index (χ4n) is 2.29. The number of benzene rings is 1. The number of hydrogen-bond acceptors (Lipinski definition) is 6. The number of nitrogens with zero attached hydrogens (tertiary/aromatic N) is 2. The van der Waals surface area contributed by atoms with Crippen molar-refractivity contribution in [1.29, 1.82) is 0 Å². The Morgan fingerprint density at radius 1 is 1.32 bits per heavy atom. The first-order valence-electron chi connectivity index (χ1n) is 8.11. The topological polar surface area (TPSA) is 64.1 Å². The minimum atomic E-state index is -0.208. The van der Waals surface area contributed by atoms with Gasteiger partial charge in [-0.1, -0.05) is 36.1 Å². The molecule has 0 unspecified atom stereocenters. The van der Waals surface area contributed by atoms with Crippen molar-refractivity contribution in [3.63, 3.8) is 0 Å². The molecule has 1 N–H and O–H groups in total. The number of thiazole rings is 1. The van der Waals surface area contributed by atoms with Crippen molar-refractivity contribution in [3.8, 4) is 5.75 Å². The van der Waals surface area contributed by atoms with E-state index in [4.69, 9.17) is 4.74 Å². The third-order valence-electron chi connectivity index (χ3n) is 3.47. The summed E-state index contributed by atoms with van der Waals surface area (Å²) in [5.41, 5.74) is 0.856. The maximum atomic E-state index is 12.6. The summed E-state index contributed by atoms with van der Waals surface area (Å²) >= 11 is 2.92. The van der Waals surface area contributed by atoms with E-state index in [1.807, 2.05) is 50.2 Å². The van der Waals surface area contributed by atoms with Gasteiger partial charge in [-0.25, -0.2) is 9.97 Å². The predicted molar refractivity (Wildman–Crippen MR) is 104 cm³/mol. The molecule has 0 fully saturated rings. The average Bonchev–Trinajstić information content (AvgIpc) is 3.02. The normalized spacial score (nSPS) is 12.1. The number of aromatic nitrogens is 2. The minimum absolute atomic E-state index is 0.0535. The second-order valence-electron chi connectivity index (χ2n) is 5.25. The Bertz CT molecular complexity index is 852. The van der Waals surface area contributed by atoms with Gasteiger partial charge in [-0.05, 0) is 43.7 Å². The van der Waals surface area contributed by atoms with Crippen LogP contribution in [0.25, 0.3) is 10.2 Å². The molecule has 2 heterocycles. The van der Waals surface area contributed by atoms with E-state index < -0.39 is 0 Å². The van der Waals surface area contributed by atoms with Gasteiger partial charge < -0.3 is 10.1 Å². The third-order valence-corrected chi connectivity index (χ3v) is 5.71. The molecular formula is C18H19N3O2S2. The molecule has 1 atom stereocenters. The van der Waals surface area contributed by atoms with E-state index in [0.717, 1.165) is 21.0 Å². The standard InChI is InChI=1S/C18H19N3O2S2/c1-3-14(24-16-7-5-6-10-19-16)17(22)21-18-20-13-9-8-12(23-4-2)11-15(13)25-18/h5-11,14H,3-4H2,1-2H3,(H,20,21,22)/t14-/m1/s1. The van der Waals surface area contributed by atoms with E-state index in [9.17, 15) is 4.79 Å². The van der Waals surface area contributed by atoms with E-state index in [1.54, 1.807) is 6.20 Å². The molecular weight excluding hydrogens is 354 g/mol. The Balaban J connectivity index is 1.71. The van der Waals surface area contributed by atoms with Gasteiger partial charge in [0, 0.05) is 6.20 Å². The number of thioether (sulfide) groups is 1. The molecule has 0 saturated heterocycles. The summed E-state index contributed by atoms with van der Waals surface area (Å²) < 4.78 is 6.50. The van der Waals surface area contributed by atoms with E-state index in [0.29, 0.717) is 18.2 Å². The second-order valence-corrected chi connectivity index (χ2v) is 7.51. The van der Waals surface area contributed by atoms with Crippen LogP contribution in [0.15, 0.2) is 47.6 Å². The molecule has 130 valence electrons. The Labute approximate surface area is 154 Å². The number of carbonyl (C=O) groups excluding carboxylic acids is 1. The number of nitrogens with one attached hydrogen (secondary N) is 1. The summed E-state index contributed by atoms with van der Waals surface area (Å²) in [6.45, 7) is 4.57. The minimum Gasteiger partial charge on any atom is -0.494 e. The number of amides is 1. The zero-order valence-electron chi connectivity index (χ0n) is 14.1. The average molecular weight is 374 g/mol. The molecule has 5 nitrogen and oxygen atoms in total. The van der Waals surface area contributed by atoms with Crippen LogP contribution in [-0.4, -0.2) is 27.7 Å². The largest absolute Gasteiger partial charge is 0.494 e. The summed E-state index contributed by atoms with van der Waals surface area (Å²) in [6, 6.07) is 11.4. The maximum Gasteiger partial charge on any atom is 0.239 e. The molecule has 0 radical (unpaired) electrons. The molecule has 0 bridgehead atoms. The highest BCUT2D eigenvalue weighted by Crippen LogP contribution is 2.30. The SMILES string of the molecule is CCOc1ccc2nc(NC(=O)[C@@H](CC)Sc3ccccn3)sc2c1. The number of anilines is 1.